The summed E-state index contributed by atoms with van der Waals surface area (Å²) in [6.45, 7) is 6.75. The van der Waals surface area contributed by atoms with Crippen LogP contribution in [0.2, 0.25) is 5.15 Å². The summed E-state index contributed by atoms with van der Waals surface area (Å²) in [7, 11) is 0. The molecular weight excluding hydrogens is 324 g/mol. The molecule has 2 aromatic heterocycles. The van der Waals surface area contributed by atoms with Crippen LogP contribution in [0.5, 0.6) is 0 Å². The van der Waals surface area contributed by atoms with E-state index in [0.717, 1.165) is 10.1 Å². The average molecular weight is 341 g/mol. The van der Waals surface area contributed by atoms with E-state index in [1.165, 1.54) is 11.3 Å². The predicted molar refractivity (Wildman–Crippen MR) is 87.6 cm³/mol. The Kier molecular flexibility index (Phi) is 3.86. The van der Waals surface area contributed by atoms with Crippen molar-refractivity contribution in [3.8, 4) is 0 Å². The first-order valence-electron chi connectivity index (χ1n) is 6.97. The SMILES string of the molecule is CC(C)(C)OC(=O)N1CC(Nc2nnc(Cl)c3sccc23)C1. The normalized spacial score (nSPS) is 15.7. The molecule has 22 heavy (non-hydrogen) atoms. The van der Waals surface area contributed by atoms with Crippen molar-refractivity contribution in [1.29, 1.82) is 0 Å². The molecule has 0 aliphatic carbocycles. The van der Waals surface area contributed by atoms with Crippen LogP contribution in [0.1, 0.15) is 20.8 Å². The maximum Gasteiger partial charge on any atom is 0.410 e. The number of ether oxygens (including phenoxy) is 1. The molecule has 2 aromatic rings. The first kappa shape index (κ1) is 15.3. The Bertz CT molecular complexity index is 706. The number of thiophene rings is 1. The molecule has 6 nitrogen and oxygen atoms in total. The van der Waals surface area contributed by atoms with Gasteiger partial charge in [0.15, 0.2) is 11.0 Å². The van der Waals surface area contributed by atoms with Gasteiger partial charge >= 0.3 is 6.09 Å². The first-order valence-corrected chi connectivity index (χ1v) is 8.23. The summed E-state index contributed by atoms with van der Waals surface area (Å²) in [5, 5.41) is 14.7. The summed E-state index contributed by atoms with van der Waals surface area (Å²) in [4.78, 5) is 13.6. The number of hydrogen-bond donors (Lipinski definition) is 1. The van der Waals surface area contributed by atoms with Crippen molar-refractivity contribution in [3.05, 3.63) is 16.6 Å². The Labute approximate surface area is 137 Å². The highest BCUT2D eigenvalue weighted by molar-refractivity contribution is 7.17. The van der Waals surface area contributed by atoms with Crippen LogP contribution in [0.4, 0.5) is 10.6 Å². The molecule has 1 aliphatic heterocycles. The molecule has 3 heterocycles. The van der Waals surface area contributed by atoms with E-state index < -0.39 is 5.60 Å². The van der Waals surface area contributed by atoms with Crippen LogP contribution in [0.25, 0.3) is 10.1 Å². The fourth-order valence-corrected chi connectivity index (χ4v) is 3.24. The fraction of sp³-hybridized carbons (Fsp3) is 0.500. The summed E-state index contributed by atoms with van der Waals surface area (Å²) in [5.41, 5.74) is -0.472. The van der Waals surface area contributed by atoms with Crippen molar-refractivity contribution in [3.63, 3.8) is 0 Å². The number of carbonyl (C=O) groups is 1. The molecule has 1 fully saturated rings. The lowest BCUT2D eigenvalue weighted by Crippen LogP contribution is -2.58. The smallest absolute Gasteiger partial charge is 0.410 e. The van der Waals surface area contributed by atoms with Crippen LogP contribution >= 0.6 is 22.9 Å². The number of nitrogens with zero attached hydrogens (tertiary/aromatic N) is 3. The van der Waals surface area contributed by atoms with E-state index in [-0.39, 0.29) is 12.1 Å². The molecule has 1 saturated heterocycles. The summed E-state index contributed by atoms with van der Waals surface area (Å²) >= 11 is 7.55. The second kappa shape index (κ2) is 5.55. The van der Waals surface area contributed by atoms with Crippen LogP contribution < -0.4 is 5.32 Å². The van der Waals surface area contributed by atoms with E-state index in [1.54, 1.807) is 4.90 Å². The molecule has 8 heteroatoms. The van der Waals surface area contributed by atoms with Gasteiger partial charge in [0, 0.05) is 18.5 Å². The lowest BCUT2D eigenvalue weighted by Gasteiger charge is -2.40. The molecule has 0 bridgehead atoms. The standard InChI is InChI=1S/C14H17ClN4O2S/c1-14(2,3)21-13(20)19-6-8(7-19)16-12-9-4-5-22-10(9)11(15)17-18-12/h4-5,8H,6-7H2,1-3H3,(H,16,18). The van der Waals surface area contributed by atoms with Gasteiger partial charge in [0.1, 0.15) is 5.60 Å². The molecule has 0 atom stereocenters. The van der Waals surface area contributed by atoms with Gasteiger partial charge in [0.2, 0.25) is 0 Å². The average Bonchev–Trinajstić information content (AvgIpc) is 2.83. The minimum atomic E-state index is -0.472. The molecule has 1 amide bonds. The third-order valence-electron chi connectivity index (χ3n) is 3.22. The minimum absolute atomic E-state index is 0.145. The van der Waals surface area contributed by atoms with E-state index in [2.05, 4.69) is 15.5 Å². The van der Waals surface area contributed by atoms with E-state index in [0.29, 0.717) is 24.1 Å². The number of halogens is 1. The van der Waals surface area contributed by atoms with Crippen LogP contribution in [-0.4, -0.2) is 45.9 Å². The first-order chi connectivity index (χ1) is 10.3. The fourth-order valence-electron chi connectivity index (χ4n) is 2.19. The van der Waals surface area contributed by atoms with Crippen molar-refractivity contribution in [2.75, 3.05) is 18.4 Å². The van der Waals surface area contributed by atoms with Gasteiger partial charge in [-0.15, -0.1) is 21.5 Å². The summed E-state index contributed by atoms with van der Waals surface area (Å²) in [6, 6.07) is 2.11. The van der Waals surface area contributed by atoms with E-state index in [4.69, 9.17) is 16.3 Å². The molecule has 3 rings (SSSR count). The molecule has 1 aliphatic rings. The quantitative estimate of drug-likeness (QED) is 0.907. The minimum Gasteiger partial charge on any atom is -0.444 e. The number of likely N-dealkylation sites (tertiary alicyclic amines) is 1. The van der Waals surface area contributed by atoms with E-state index in [1.807, 2.05) is 32.2 Å². The lowest BCUT2D eigenvalue weighted by atomic mass is 10.1. The number of rotatable bonds is 2. The van der Waals surface area contributed by atoms with Crippen molar-refractivity contribution in [2.45, 2.75) is 32.4 Å². The Morgan fingerprint density at radius 2 is 2.18 bits per heavy atom. The largest absolute Gasteiger partial charge is 0.444 e. The Morgan fingerprint density at radius 1 is 1.45 bits per heavy atom. The number of anilines is 1. The highest BCUT2D eigenvalue weighted by Gasteiger charge is 2.34. The van der Waals surface area contributed by atoms with Gasteiger partial charge in [0.05, 0.1) is 10.7 Å². The molecular formula is C14H17ClN4O2S. The molecule has 118 valence electrons. The van der Waals surface area contributed by atoms with Crippen molar-refractivity contribution >= 4 is 44.9 Å². The number of carbonyl (C=O) groups excluding carboxylic acids is 1. The second-order valence-electron chi connectivity index (χ2n) is 6.23. The maximum absolute atomic E-state index is 11.9. The van der Waals surface area contributed by atoms with Gasteiger partial charge in [0.25, 0.3) is 0 Å². The molecule has 1 N–H and O–H groups in total. The van der Waals surface area contributed by atoms with E-state index in [9.17, 15) is 4.79 Å². The van der Waals surface area contributed by atoms with E-state index >= 15 is 0 Å². The van der Waals surface area contributed by atoms with Gasteiger partial charge in [-0.05, 0) is 32.2 Å². The van der Waals surface area contributed by atoms with Gasteiger partial charge in [-0.2, -0.15) is 0 Å². The second-order valence-corrected chi connectivity index (χ2v) is 7.50. The highest BCUT2D eigenvalue weighted by atomic mass is 35.5. The maximum atomic E-state index is 11.9. The summed E-state index contributed by atoms with van der Waals surface area (Å²) < 4.78 is 6.25. The molecule has 0 radical (unpaired) electrons. The van der Waals surface area contributed by atoms with Crippen LogP contribution in [-0.2, 0) is 4.74 Å². The number of amides is 1. The van der Waals surface area contributed by atoms with Gasteiger partial charge in [-0.3, -0.25) is 0 Å². The Balaban J connectivity index is 1.61. The highest BCUT2D eigenvalue weighted by Crippen LogP contribution is 2.31. The monoisotopic (exact) mass is 340 g/mol. The molecule has 0 saturated carbocycles. The molecule has 0 unspecified atom stereocenters. The number of aromatic nitrogens is 2. The van der Waals surface area contributed by atoms with Crippen LogP contribution in [0.3, 0.4) is 0 Å². The van der Waals surface area contributed by atoms with Crippen LogP contribution in [0, 0.1) is 0 Å². The zero-order valence-corrected chi connectivity index (χ0v) is 14.2. The van der Waals surface area contributed by atoms with Gasteiger partial charge in [-0.25, -0.2) is 4.79 Å². The Morgan fingerprint density at radius 3 is 2.86 bits per heavy atom. The lowest BCUT2D eigenvalue weighted by molar-refractivity contribution is 0.0105. The van der Waals surface area contributed by atoms with Gasteiger partial charge < -0.3 is 15.0 Å². The van der Waals surface area contributed by atoms with Crippen molar-refractivity contribution < 1.29 is 9.53 Å². The summed E-state index contributed by atoms with van der Waals surface area (Å²) in [5.74, 6) is 0.703. The number of nitrogens with one attached hydrogen (secondary N) is 1. The molecule has 0 aromatic carbocycles. The number of fused-ring (bicyclic) bond motifs is 1. The summed E-state index contributed by atoms with van der Waals surface area (Å²) in [6.07, 6.45) is -0.284. The van der Waals surface area contributed by atoms with Crippen LogP contribution in [0.15, 0.2) is 11.4 Å². The Hall–Kier alpha value is -1.60. The number of hydrogen-bond acceptors (Lipinski definition) is 6. The molecule has 0 spiro atoms. The zero-order valence-electron chi connectivity index (χ0n) is 12.6. The third-order valence-corrected chi connectivity index (χ3v) is 4.52. The third kappa shape index (κ3) is 3.10. The topological polar surface area (TPSA) is 67.3 Å². The zero-order chi connectivity index (χ0) is 15.9. The predicted octanol–water partition coefficient (Wildman–Crippen LogP) is 3.38. The van der Waals surface area contributed by atoms with Crippen molar-refractivity contribution in [1.82, 2.24) is 15.1 Å². The van der Waals surface area contributed by atoms with Gasteiger partial charge in [-0.1, -0.05) is 11.6 Å². The van der Waals surface area contributed by atoms with Crippen molar-refractivity contribution in [2.24, 2.45) is 0 Å².